The normalized spacial score (nSPS) is 12.4. The van der Waals surface area contributed by atoms with Crippen molar-refractivity contribution < 1.29 is 9.47 Å². The van der Waals surface area contributed by atoms with E-state index in [-0.39, 0.29) is 11.2 Å². The Hall–Kier alpha value is -1.64. The molecular weight excluding hydrogens is 296 g/mol. The molecule has 24 heavy (non-hydrogen) atoms. The largest absolute Gasteiger partial charge is 0.371 e. The number of ether oxygens (including phenoxy) is 2. The third-order valence-corrected chi connectivity index (χ3v) is 4.50. The van der Waals surface area contributed by atoms with Gasteiger partial charge in [-0.05, 0) is 63.8 Å². The Morgan fingerprint density at radius 1 is 0.583 bits per heavy atom. The Bertz CT molecular complexity index is 577. The van der Waals surface area contributed by atoms with Gasteiger partial charge in [-0.1, -0.05) is 48.5 Å². The van der Waals surface area contributed by atoms with Gasteiger partial charge in [-0.15, -0.1) is 0 Å². The van der Waals surface area contributed by atoms with Crippen molar-refractivity contribution in [3.8, 4) is 11.1 Å². The van der Waals surface area contributed by atoms with E-state index in [9.17, 15) is 0 Å². The Kier molecular flexibility index (Phi) is 5.84. The fourth-order valence-corrected chi connectivity index (χ4v) is 3.02. The molecule has 0 bridgehead atoms. The molecule has 0 aromatic heterocycles. The zero-order chi connectivity index (χ0) is 17.8. The highest BCUT2D eigenvalue weighted by atomic mass is 16.5. The summed E-state index contributed by atoms with van der Waals surface area (Å²) in [4.78, 5) is 0. The maximum absolute atomic E-state index is 5.82. The summed E-state index contributed by atoms with van der Waals surface area (Å²) in [7, 11) is 0. The highest BCUT2D eigenvalue weighted by molar-refractivity contribution is 5.64. The highest BCUT2D eigenvalue weighted by Gasteiger charge is 2.21. The van der Waals surface area contributed by atoms with Crippen LogP contribution in [0.4, 0.5) is 0 Å². The summed E-state index contributed by atoms with van der Waals surface area (Å²) in [6.07, 6.45) is 0. The van der Waals surface area contributed by atoms with Crippen molar-refractivity contribution in [1.82, 2.24) is 0 Å². The summed E-state index contributed by atoms with van der Waals surface area (Å²) in [5.74, 6) is 0. The molecule has 0 amide bonds. The number of rotatable bonds is 7. The molecule has 0 unspecified atom stereocenters. The quantitative estimate of drug-likeness (QED) is 0.631. The predicted octanol–water partition coefficient (Wildman–Crippen LogP) is 5.90. The summed E-state index contributed by atoms with van der Waals surface area (Å²) in [5, 5.41) is 0. The second-order valence-electron chi connectivity index (χ2n) is 7.04. The van der Waals surface area contributed by atoms with Crippen LogP contribution in [-0.2, 0) is 20.7 Å². The van der Waals surface area contributed by atoms with Crippen molar-refractivity contribution in [3.05, 3.63) is 59.7 Å². The minimum atomic E-state index is -0.251. The fourth-order valence-electron chi connectivity index (χ4n) is 3.02. The van der Waals surface area contributed by atoms with Crippen LogP contribution in [0, 0.1) is 0 Å². The smallest absolute Gasteiger partial charge is 0.0875 e. The van der Waals surface area contributed by atoms with Crippen LogP contribution in [0.3, 0.4) is 0 Å². The Morgan fingerprint density at radius 2 is 0.875 bits per heavy atom. The zero-order valence-corrected chi connectivity index (χ0v) is 15.8. The van der Waals surface area contributed by atoms with Crippen molar-refractivity contribution in [3.63, 3.8) is 0 Å². The molecule has 2 aromatic rings. The molecule has 0 radical (unpaired) electrons. The van der Waals surface area contributed by atoms with Crippen LogP contribution in [0.15, 0.2) is 48.5 Å². The Labute approximate surface area is 146 Å². The van der Waals surface area contributed by atoms with Crippen LogP contribution >= 0.6 is 0 Å². The van der Waals surface area contributed by atoms with E-state index >= 15 is 0 Å². The van der Waals surface area contributed by atoms with Gasteiger partial charge in [-0.25, -0.2) is 0 Å². The van der Waals surface area contributed by atoms with Crippen molar-refractivity contribution >= 4 is 0 Å². The lowest BCUT2D eigenvalue weighted by atomic mass is 9.93. The first-order chi connectivity index (χ1) is 11.3. The van der Waals surface area contributed by atoms with Gasteiger partial charge < -0.3 is 9.47 Å². The van der Waals surface area contributed by atoms with Gasteiger partial charge in [0.05, 0.1) is 11.2 Å². The van der Waals surface area contributed by atoms with Crippen LogP contribution in [0.5, 0.6) is 0 Å². The van der Waals surface area contributed by atoms with Crippen LogP contribution in [-0.4, -0.2) is 13.2 Å². The topological polar surface area (TPSA) is 18.5 Å². The molecule has 0 saturated heterocycles. The summed E-state index contributed by atoms with van der Waals surface area (Å²) in [6, 6.07) is 17.3. The fraction of sp³-hybridized carbons (Fsp3) is 0.455. The third kappa shape index (κ3) is 4.25. The lowest BCUT2D eigenvalue weighted by Crippen LogP contribution is -2.21. The van der Waals surface area contributed by atoms with E-state index in [0.29, 0.717) is 13.2 Å². The van der Waals surface area contributed by atoms with E-state index in [2.05, 4.69) is 76.2 Å². The minimum Gasteiger partial charge on any atom is -0.371 e. The molecule has 0 aliphatic rings. The lowest BCUT2D eigenvalue weighted by Gasteiger charge is -2.26. The molecular formula is C22H30O2. The number of hydrogen-bond donors (Lipinski definition) is 0. The second-order valence-corrected chi connectivity index (χ2v) is 7.04. The van der Waals surface area contributed by atoms with Crippen molar-refractivity contribution in [2.75, 3.05) is 13.2 Å². The average molecular weight is 326 g/mol. The first-order valence-electron chi connectivity index (χ1n) is 8.79. The summed E-state index contributed by atoms with van der Waals surface area (Å²) < 4.78 is 11.6. The van der Waals surface area contributed by atoms with Crippen LogP contribution in [0.1, 0.15) is 52.7 Å². The summed E-state index contributed by atoms with van der Waals surface area (Å²) in [5.41, 5.74) is 4.32. The molecule has 0 fully saturated rings. The monoisotopic (exact) mass is 326 g/mol. The zero-order valence-electron chi connectivity index (χ0n) is 15.8. The van der Waals surface area contributed by atoms with E-state index in [1.54, 1.807) is 0 Å². The summed E-state index contributed by atoms with van der Waals surface area (Å²) >= 11 is 0. The van der Waals surface area contributed by atoms with Gasteiger partial charge in [-0.2, -0.15) is 0 Å². The molecule has 2 rings (SSSR count). The average Bonchev–Trinajstić information content (AvgIpc) is 2.55. The van der Waals surface area contributed by atoms with E-state index in [0.717, 1.165) is 0 Å². The van der Waals surface area contributed by atoms with Gasteiger partial charge in [0.1, 0.15) is 0 Å². The van der Waals surface area contributed by atoms with E-state index in [4.69, 9.17) is 9.47 Å². The van der Waals surface area contributed by atoms with E-state index in [1.165, 1.54) is 22.3 Å². The Morgan fingerprint density at radius 3 is 1.12 bits per heavy atom. The second kappa shape index (κ2) is 7.50. The van der Waals surface area contributed by atoms with Crippen LogP contribution < -0.4 is 0 Å². The Balaban J connectivity index is 2.21. The molecule has 130 valence electrons. The van der Waals surface area contributed by atoms with Gasteiger partial charge in [0, 0.05) is 13.2 Å². The molecule has 2 aromatic carbocycles. The van der Waals surface area contributed by atoms with Gasteiger partial charge in [0.15, 0.2) is 0 Å². The SMILES string of the molecule is CCOC(C)(C)c1ccc(-c2ccc(C(C)(C)OCC)cc2)cc1. The van der Waals surface area contributed by atoms with Crippen LogP contribution in [0.25, 0.3) is 11.1 Å². The van der Waals surface area contributed by atoms with Gasteiger partial charge >= 0.3 is 0 Å². The molecule has 0 saturated carbocycles. The standard InChI is InChI=1S/C22H30O2/c1-7-23-21(3,4)19-13-9-17(10-14-19)18-11-15-20(16-12-18)22(5,6)24-8-2/h9-16H,7-8H2,1-6H3. The first kappa shape index (κ1) is 18.7. The van der Waals surface area contributed by atoms with Crippen LogP contribution in [0.2, 0.25) is 0 Å². The lowest BCUT2D eigenvalue weighted by molar-refractivity contribution is -0.0143. The number of benzene rings is 2. The van der Waals surface area contributed by atoms with Gasteiger partial charge in [-0.3, -0.25) is 0 Å². The molecule has 0 spiro atoms. The molecule has 0 N–H and O–H groups in total. The minimum absolute atomic E-state index is 0.251. The predicted molar refractivity (Wildman–Crippen MR) is 101 cm³/mol. The third-order valence-electron chi connectivity index (χ3n) is 4.50. The van der Waals surface area contributed by atoms with E-state index < -0.39 is 0 Å². The molecule has 0 heterocycles. The molecule has 2 nitrogen and oxygen atoms in total. The molecule has 2 heteroatoms. The molecule has 0 atom stereocenters. The molecule has 0 aliphatic heterocycles. The molecule has 0 aliphatic carbocycles. The highest BCUT2D eigenvalue weighted by Crippen LogP contribution is 2.30. The van der Waals surface area contributed by atoms with Crippen molar-refractivity contribution in [2.24, 2.45) is 0 Å². The number of hydrogen-bond acceptors (Lipinski definition) is 2. The maximum Gasteiger partial charge on any atom is 0.0875 e. The van der Waals surface area contributed by atoms with E-state index in [1.807, 2.05) is 13.8 Å². The maximum atomic E-state index is 5.82. The first-order valence-corrected chi connectivity index (χ1v) is 8.79. The van der Waals surface area contributed by atoms with Gasteiger partial charge in [0.25, 0.3) is 0 Å². The van der Waals surface area contributed by atoms with Crippen molar-refractivity contribution in [1.29, 1.82) is 0 Å². The van der Waals surface area contributed by atoms with Gasteiger partial charge in [0.2, 0.25) is 0 Å². The van der Waals surface area contributed by atoms with Crippen molar-refractivity contribution in [2.45, 2.75) is 52.7 Å². The summed E-state index contributed by atoms with van der Waals surface area (Å²) in [6.45, 7) is 13.9.